The van der Waals surface area contributed by atoms with Crippen LogP contribution in [0, 0.1) is 33.5 Å². The van der Waals surface area contributed by atoms with Gasteiger partial charge in [0.1, 0.15) is 0 Å². The summed E-state index contributed by atoms with van der Waals surface area (Å²) in [4.78, 5) is 28.6. The monoisotopic (exact) mass is 345 g/mol. The molecule has 0 radical (unpaired) electrons. The van der Waals surface area contributed by atoms with Crippen molar-refractivity contribution >= 4 is 11.8 Å². The highest BCUT2D eigenvalue weighted by atomic mass is 16.2. The zero-order valence-corrected chi connectivity index (χ0v) is 17.9. The lowest BCUT2D eigenvalue weighted by atomic mass is 9.49. The fourth-order valence-electron chi connectivity index (χ4n) is 7.21. The van der Waals surface area contributed by atoms with E-state index in [-0.39, 0.29) is 45.3 Å². The Hall–Kier alpha value is -1.12. The molecule has 25 heavy (non-hydrogen) atoms. The van der Waals surface area contributed by atoms with E-state index < -0.39 is 5.54 Å². The number of hydrogen-bond acceptors (Lipinski definition) is 2. The minimum Gasteiger partial charge on any atom is -0.277 e. The van der Waals surface area contributed by atoms with Crippen molar-refractivity contribution in [2.24, 2.45) is 33.5 Å². The summed E-state index contributed by atoms with van der Waals surface area (Å²) in [5, 5.41) is 0. The molecule has 3 heteroatoms. The van der Waals surface area contributed by atoms with E-state index in [1.54, 1.807) is 4.90 Å². The molecule has 4 atom stereocenters. The van der Waals surface area contributed by atoms with E-state index in [0.717, 1.165) is 0 Å². The number of imide groups is 1. The molecular weight excluding hydrogens is 310 g/mol. The first-order valence-electron chi connectivity index (χ1n) is 9.57. The Morgan fingerprint density at radius 2 is 1.08 bits per heavy atom. The van der Waals surface area contributed by atoms with Crippen molar-refractivity contribution in [3.63, 3.8) is 0 Å². The first kappa shape index (κ1) is 18.7. The van der Waals surface area contributed by atoms with E-state index >= 15 is 0 Å². The van der Waals surface area contributed by atoms with Gasteiger partial charge in [-0.1, -0.05) is 52.7 Å². The molecule has 0 aromatic carbocycles. The smallest absolute Gasteiger partial charge is 0.234 e. The molecule has 2 aliphatic carbocycles. The van der Waals surface area contributed by atoms with Crippen molar-refractivity contribution in [2.75, 3.05) is 0 Å². The van der Waals surface area contributed by atoms with Gasteiger partial charge in [0.2, 0.25) is 11.8 Å². The predicted octanol–water partition coefficient (Wildman–Crippen LogP) is 4.81. The Labute approximate surface area is 153 Å². The summed E-state index contributed by atoms with van der Waals surface area (Å²) in [6, 6.07) is 0. The van der Waals surface area contributed by atoms with E-state index in [0.29, 0.717) is 0 Å². The SMILES string of the molecule is CC1=C(C)C2(C)C3C(=O)N(C(C)(C)C)C(=O)C3C1(C)C2(C)C(C)(C)C. The lowest BCUT2D eigenvalue weighted by Crippen LogP contribution is -2.55. The molecule has 2 amide bonds. The van der Waals surface area contributed by atoms with Crippen LogP contribution in [0.5, 0.6) is 0 Å². The maximum absolute atomic E-state index is 13.5. The molecule has 3 nitrogen and oxygen atoms in total. The van der Waals surface area contributed by atoms with Gasteiger partial charge in [-0.2, -0.15) is 0 Å². The number of carbonyl (C=O) groups excluding carboxylic acids is 2. The summed E-state index contributed by atoms with van der Waals surface area (Å²) >= 11 is 0. The van der Waals surface area contributed by atoms with Gasteiger partial charge in [0.05, 0.1) is 11.8 Å². The molecule has 3 rings (SSSR count). The lowest BCUT2D eigenvalue weighted by Gasteiger charge is -2.55. The summed E-state index contributed by atoms with van der Waals surface area (Å²) in [6.45, 7) is 23.9. The largest absolute Gasteiger partial charge is 0.277 e. The first-order valence-corrected chi connectivity index (χ1v) is 9.57. The molecule has 1 saturated heterocycles. The number of carbonyl (C=O) groups is 2. The molecule has 0 spiro atoms. The molecule has 4 unspecified atom stereocenters. The van der Waals surface area contributed by atoms with Crippen LogP contribution >= 0.6 is 0 Å². The van der Waals surface area contributed by atoms with E-state index in [9.17, 15) is 9.59 Å². The second-order valence-corrected chi connectivity index (χ2v) is 11.2. The first-order chi connectivity index (χ1) is 11.0. The van der Waals surface area contributed by atoms with Gasteiger partial charge in [-0.3, -0.25) is 14.5 Å². The van der Waals surface area contributed by atoms with Gasteiger partial charge >= 0.3 is 0 Å². The quantitative estimate of drug-likeness (QED) is 0.466. The number of nitrogens with zero attached hydrogens (tertiary/aromatic N) is 1. The van der Waals surface area contributed by atoms with Crippen LogP contribution in [-0.2, 0) is 9.59 Å². The normalized spacial score (nSPS) is 44.2. The van der Waals surface area contributed by atoms with Crippen LogP contribution in [0.4, 0.5) is 0 Å². The van der Waals surface area contributed by atoms with Gasteiger partial charge in [-0.25, -0.2) is 0 Å². The van der Waals surface area contributed by atoms with Gasteiger partial charge in [-0.15, -0.1) is 0 Å². The number of fused-ring (bicyclic) bond motifs is 5. The molecule has 3 aliphatic rings. The molecular formula is C22H35NO2. The Morgan fingerprint density at radius 3 is 1.32 bits per heavy atom. The van der Waals surface area contributed by atoms with Crippen molar-refractivity contribution in [1.82, 2.24) is 4.90 Å². The highest BCUT2D eigenvalue weighted by Gasteiger charge is 2.83. The number of allylic oxidation sites excluding steroid dienone is 2. The van der Waals surface area contributed by atoms with Crippen molar-refractivity contribution in [1.29, 1.82) is 0 Å². The van der Waals surface area contributed by atoms with E-state index in [2.05, 4.69) is 55.4 Å². The van der Waals surface area contributed by atoms with Crippen LogP contribution in [0.2, 0.25) is 0 Å². The number of rotatable bonds is 0. The average Bonchev–Trinajstić information content (AvgIpc) is 2.84. The van der Waals surface area contributed by atoms with Gasteiger partial charge in [-0.05, 0) is 45.4 Å². The number of likely N-dealkylation sites (tertiary alicyclic amines) is 1. The molecule has 0 aromatic heterocycles. The third kappa shape index (κ3) is 1.56. The highest BCUT2D eigenvalue weighted by Crippen LogP contribution is 2.83. The van der Waals surface area contributed by atoms with Crippen molar-refractivity contribution < 1.29 is 9.59 Å². The maximum Gasteiger partial charge on any atom is 0.234 e. The second kappa shape index (κ2) is 4.40. The zero-order chi connectivity index (χ0) is 19.5. The highest BCUT2D eigenvalue weighted by molar-refractivity contribution is 6.08. The fraction of sp³-hybridized carbons (Fsp3) is 0.818. The van der Waals surface area contributed by atoms with E-state index in [1.807, 2.05) is 20.8 Å². The molecule has 0 aromatic rings. The van der Waals surface area contributed by atoms with E-state index in [4.69, 9.17) is 0 Å². The van der Waals surface area contributed by atoms with Crippen LogP contribution in [0.1, 0.15) is 76.2 Å². The van der Waals surface area contributed by atoms with Crippen molar-refractivity contribution in [3.8, 4) is 0 Å². The predicted molar refractivity (Wildman–Crippen MR) is 101 cm³/mol. The van der Waals surface area contributed by atoms with Crippen LogP contribution < -0.4 is 0 Å². The van der Waals surface area contributed by atoms with Gasteiger partial charge in [0.25, 0.3) is 0 Å². The van der Waals surface area contributed by atoms with Gasteiger partial charge in [0, 0.05) is 16.4 Å². The lowest BCUT2D eigenvalue weighted by molar-refractivity contribution is -0.152. The summed E-state index contributed by atoms with van der Waals surface area (Å²) < 4.78 is 0. The fourth-order valence-corrected chi connectivity index (χ4v) is 7.21. The Morgan fingerprint density at radius 1 is 0.760 bits per heavy atom. The molecule has 0 N–H and O–H groups in total. The summed E-state index contributed by atoms with van der Waals surface area (Å²) in [5.74, 6) is -0.401. The zero-order valence-electron chi connectivity index (χ0n) is 17.9. The van der Waals surface area contributed by atoms with Crippen molar-refractivity contribution in [3.05, 3.63) is 11.1 Å². The van der Waals surface area contributed by atoms with Gasteiger partial charge < -0.3 is 0 Å². The molecule has 2 bridgehead atoms. The minimum atomic E-state index is -0.468. The number of amides is 2. The Balaban J connectivity index is 2.35. The molecule has 1 heterocycles. The van der Waals surface area contributed by atoms with Crippen molar-refractivity contribution in [2.45, 2.75) is 81.7 Å². The molecule has 2 fully saturated rings. The molecule has 1 saturated carbocycles. The van der Waals surface area contributed by atoms with Gasteiger partial charge in [0.15, 0.2) is 0 Å². The Kier molecular flexibility index (Phi) is 3.29. The molecule has 140 valence electrons. The van der Waals surface area contributed by atoms with E-state index in [1.165, 1.54) is 11.1 Å². The molecule has 1 aliphatic heterocycles. The second-order valence-electron chi connectivity index (χ2n) is 11.2. The Bertz CT molecular complexity index is 673. The summed E-state index contributed by atoms with van der Waals surface area (Å²) in [5.41, 5.74) is 1.43. The third-order valence-corrected chi connectivity index (χ3v) is 8.92. The maximum atomic E-state index is 13.5. The summed E-state index contributed by atoms with van der Waals surface area (Å²) in [7, 11) is 0. The minimum absolute atomic E-state index is 0.0209. The van der Waals surface area contributed by atoms with Crippen LogP contribution in [-0.4, -0.2) is 22.3 Å². The third-order valence-electron chi connectivity index (χ3n) is 8.92. The van der Waals surface area contributed by atoms with Crippen LogP contribution in [0.25, 0.3) is 0 Å². The number of hydrogen-bond donors (Lipinski definition) is 0. The topological polar surface area (TPSA) is 37.4 Å². The summed E-state index contributed by atoms with van der Waals surface area (Å²) in [6.07, 6.45) is 0. The van der Waals surface area contributed by atoms with Crippen LogP contribution in [0.15, 0.2) is 11.1 Å². The average molecular weight is 346 g/mol. The van der Waals surface area contributed by atoms with Crippen LogP contribution in [0.3, 0.4) is 0 Å². The standard InChI is InChI=1S/C22H35NO2/c1-12-13(2)21(10)15-14(16(24)23(17(15)25)19(6,7)8)20(12,9)22(21,11)18(3,4)5/h14-15H,1-11H3.